The normalized spacial score (nSPS) is 12.4. The van der Waals surface area contributed by atoms with Crippen LogP contribution in [0, 0.1) is 11.3 Å². The number of nitrogens with zero attached hydrogens (tertiary/aromatic N) is 1. The smallest absolute Gasteiger partial charge is 0.159 e. The summed E-state index contributed by atoms with van der Waals surface area (Å²) < 4.78 is 0. The number of carbonyl (C=O) groups excluding carboxylic acids is 1. The Morgan fingerprint density at radius 3 is 2.03 bits per heavy atom. The van der Waals surface area contributed by atoms with E-state index in [1.165, 1.54) is 0 Å². The van der Waals surface area contributed by atoms with Crippen molar-refractivity contribution in [1.29, 1.82) is 5.26 Å². The van der Waals surface area contributed by atoms with Crippen molar-refractivity contribution in [3.05, 3.63) is 94.6 Å². The van der Waals surface area contributed by atoms with Crippen molar-refractivity contribution < 1.29 is 4.79 Å². The van der Waals surface area contributed by atoms with Gasteiger partial charge in [-0.05, 0) is 72.2 Å². The second-order valence-electron chi connectivity index (χ2n) is 8.38. The van der Waals surface area contributed by atoms with Crippen molar-refractivity contribution in [2.75, 3.05) is 0 Å². The van der Waals surface area contributed by atoms with Gasteiger partial charge in [-0.25, -0.2) is 0 Å². The topological polar surface area (TPSA) is 40.9 Å². The number of ketones is 1. The molecule has 0 aliphatic heterocycles. The lowest BCUT2D eigenvalue weighted by atomic mass is 9.83. The van der Waals surface area contributed by atoms with E-state index in [2.05, 4.69) is 51.6 Å². The van der Waals surface area contributed by atoms with Gasteiger partial charge in [-0.3, -0.25) is 4.79 Å². The molecule has 29 heavy (non-hydrogen) atoms. The first kappa shape index (κ1) is 22.1. The van der Waals surface area contributed by atoms with E-state index < -0.39 is 0 Å². The summed E-state index contributed by atoms with van der Waals surface area (Å²) in [5, 5.41) is 9.50. The van der Waals surface area contributed by atoms with E-state index in [1.54, 1.807) is 6.92 Å². The van der Waals surface area contributed by atoms with Gasteiger partial charge in [-0.2, -0.15) is 5.26 Å². The van der Waals surface area contributed by atoms with Crippen LogP contribution in [0.5, 0.6) is 0 Å². The molecule has 0 unspecified atom stereocenters. The van der Waals surface area contributed by atoms with Crippen LogP contribution in [0.1, 0.15) is 74.2 Å². The number of rotatable bonds is 5. The largest absolute Gasteiger partial charge is 0.295 e. The molecule has 0 saturated carbocycles. The molecule has 2 aromatic carbocycles. The van der Waals surface area contributed by atoms with Gasteiger partial charge in [-0.1, -0.05) is 69.3 Å². The molecule has 0 radical (unpaired) electrons. The van der Waals surface area contributed by atoms with Gasteiger partial charge >= 0.3 is 0 Å². The number of benzene rings is 2. The fourth-order valence-corrected chi connectivity index (χ4v) is 3.12. The van der Waals surface area contributed by atoms with Crippen LogP contribution in [-0.4, -0.2) is 5.78 Å². The predicted octanol–water partition coefficient (Wildman–Crippen LogP) is 7.12. The van der Waals surface area contributed by atoms with Crippen LogP contribution in [0.25, 0.3) is 11.1 Å². The average molecular weight is 384 g/mol. The van der Waals surface area contributed by atoms with E-state index >= 15 is 0 Å². The van der Waals surface area contributed by atoms with Gasteiger partial charge in [0, 0.05) is 5.56 Å². The minimum atomic E-state index is -0.0517. The van der Waals surface area contributed by atoms with Gasteiger partial charge < -0.3 is 0 Å². The van der Waals surface area contributed by atoms with Crippen LogP contribution in [0.3, 0.4) is 0 Å². The molecule has 0 spiro atoms. The molecule has 0 aromatic heterocycles. The van der Waals surface area contributed by atoms with E-state index in [0.29, 0.717) is 11.1 Å². The van der Waals surface area contributed by atoms with Crippen LogP contribution >= 0.6 is 0 Å². The molecular formula is C27H29NO. The van der Waals surface area contributed by atoms with Gasteiger partial charge in [-0.15, -0.1) is 0 Å². The molecule has 2 heteroatoms. The van der Waals surface area contributed by atoms with Gasteiger partial charge in [0.25, 0.3) is 0 Å². The highest BCUT2D eigenvalue weighted by molar-refractivity contribution is 5.95. The summed E-state index contributed by atoms with van der Waals surface area (Å²) in [6.07, 6.45) is 4.16. The molecule has 0 saturated heterocycles. The van der Waals surface area contributed by atoms with Crippen molar-refractivity contribution in [1.82, 2.24) is 0 Å². The molecule has 0 aliphatic carbocycles. The number of hydrogen-bond acceptors (Lipinski definition) is 2. The van der Waals surface area contributed by atoms with E-state index in [0.717, 1.165) is 33.4 Å². The number of carbonyl (C=O) groups is 1. The van der Waals surface area contributed by atoms with E-state index in [4.69, 9.17) is 0 Å². The third kappa shape index (κ3) is 5.42. The maximum Gasteiger partial charge on any atom is 0.159 e. The third-order valence-corrected chi connectivity index (χ3v) is 4.93. The highest BCUT2D eigenvalue weighted by Gasteiger charge is 2.16. The monoisotopic (exact) mass is 383 g/mol. The molecule has 2 aromatic rings. The second-order valence-corrected chi connectivity index (χ2v) is 8.38. The molecule has 2 rings (SSSR count). The fourth-order valence-electron chi connectivity index (χ4n) is 3.12. The maximum absolute atomic E-state index is 11.6. The van der Waals surface area contributed by atoms with Gasteiger partial charge in [0.15, 0.2) is 5.78 Å². The second kappa shape index (κ2) is 8.88. The Bertz CT molecular complexity index is 1040. The summed E-state index contributed by atoms with van der Waals surface area (Å²) in [6.45, 7) is 16.1. The number of allylic oxidation sites excluding steroid dienone is 5. The zero-order valence-electron chi connectivity index (χ0n) is 18.3. The van der Waals surface area contributed by atoms with Crippen molar-refractivity contribution in [2.24, 2.45) is 0 Å². The van der Waals surface area contributed by atoms with Crippen LogP contribution < -0.4 is 0 Å². The first-order chi connectivity index (χ1) is 13.6. The quantitative estimate of drug-likeness (QED) is 0.407. The molecule has 0 N–H and O–H groups in total. The molecule has 0 bridgehead atoms. The molecule has 148 valence electrons. The van der Waals surface area contributed by atoms with Crippen molar-refractivity contribution in [3.63, 3.8) is 0 Å². The maximum atomic E-state index is 11.6. The van der Waals surface area contributed by atoms with Crippen molar-refractivity contribution in [3.8, 4) is 6.07 Å². The predicted molar refractivity (Wildman–Crippen MR) is 123 cm³/mol. The summed E-state index contributed by atoms with van der Waals surface area (Å²) in [5.74, 6) is 0.0505. The molecule has 0 amide bonds. The molecule has 0 heterocycles. The van der Waals surface area contributed by atoms with Crippen LogP contribution in [0.2, 0.25) is 0 Å². The van der Waals surface area contributed by atoms with Crippen molar-refractivity contribution >= 4 is 16.9 Å². The lowest BCUT2D eigenvalue weighted by Gasteiger charge is -2.21. The van der Waals surface area contributed by atoms with E-state index in [-0.39, 0.29) is 11.2 Å². The van der Waals surface area contributed by atoms with Crippen LogP contribution in [0.4, 0.5) is 0 Å². The summed E-state index contributed by atoms with van der Waals surface area (Å²) in [5.41, 5.74) is 7.41. The summed E-state index contributed by atoms with van der Waals surface area (Å²) in [7, 11) is 0. The Morgan fingerprint density at radius 1 is 1.00 bits per heavy atom. The molecule has 0 fully saturated rings. The Labute approximate surface area is 174 Å². The zero-order valence-corrected chi connectivity index (χ0v) is 18.3. The minimum Gasteiger partial charge on any atom is -0.295 e. The molecule has 2 nitrogen and oxygen atoms in total. The van der Waals surface area contributed by atoms with E-state index in [1.807, 2.05) is 50.2 Å². The Balaban J connectivity index is 2.60. The van der Waals surface area contributed by atoms with Crippen LogP contribution in [0.15, 0.2) is 66.8 Å². The molecular weight excluding hydrogens is 354 g/mol. The molecule has 0 aliphatic rings. The zero-order chi connectivity index (χ0) is 21.8. The number of Topliss-reactive ketones (excluding diaryl/α,β-unsaturated/α-hetero) is 1. The SMILES string of the molecule is C=C(C)/C(=C\C(=CC)c1cc(C#N)cc(C(C)(C)C)c1)c1ccc(C(C)=O)cc1. The Hall–Kier alpha value is -3.18. The summed E-state index contributed by atoms with van der Waals surface area (Å²) >= 11 is 0. The highest BCUT2D eigenvalue weighted by Crippen LogP contribution is 2.31. The van der Waals surface area contributed by atoms with Crippen molar-refractivity contribution in [2.45, 2.75) is 47.0 Å². The summed E-state index contributed by atoms with van der Waals surface area (Å²) in [6, 6.07) is 15.9. The highest BCUT2D eigenvalue weighted by atomic mass is 16.1. The number of hydrogen-bond donors (Lipinski definition) is 0. The average Bonchev–Trinajstić information content (AvgIpc) is 2.67. The Morgan fingerprint density at radius 2 is 1.59 bits per heavy atom. The van der Waals surface area contributed by atoms with Gasteiger partial charge in [0.1, 0.15) is 0 Å². The van der Waals surface area contributed by atoms with Gasteiger partial charge in [0.05, 0.1) is 11.6 Å². The van der Waals surface area contributed by atoms with E-state index in [9.17, 15) is 10.1 Å². The fraction of sp³-hybridized carbons (Fsp3) is 0.259. The first-order valence-electron chi connectivity index (χ1n) is 9.78. The van der Waals surface area contributed by atoms with Crippen LogP contribution in [-0.2, 0) is 5.41 Å². The number of nitriles is 1. The van der Waals surface area contributed by atoms with Gasteiger partial charge in [0.2, 0.25) is 0 Å². The lowest BCUT2D eigenvalue weighted by molar-refractivity contribution is 0.101. The standard InChI is InChI=1S/C27H29NO/c1-8-21(24-13-20(17-28)14-25(15-24)27(5,6)7)16-26(18(2)3)23-11-9-22(10-12-23)19(4)29/h8-16H,2H2,1,3-7H3/b21-8?,26-16+. The Kier molecular flexibility index (Phi) is 6.77. The first-order valence-corrected chi connectivity index (χ1v) is 9.78. The third-order valence-electron chi connectivity index (χ3n) is 4.93. The lowest BCUT2D eigenvalue weighted by Crippen LogP contribution is -2.11. The minimum absolute atomic E-state index is 0.0505. The summed E-state index contributed by atoms with van der Waals surface area (Å²) in [4.78, 5) is 11.6. The molecule has 0 atom stereocenters.